The minimum atomic E-state index is 0.856. The molecule has 0 aromatic carbocycles. The minimum absolute atomic E-state index is 0.856. The molecule has 78 valence electrons. The van der Waals surface area contributed by atoms with Crippen LogP contribution in [0.5, 0.6) is 0 Å². The molecule has 0 radical (unpaired) electrons. The van der Waals surface area contributed by atoms with Crippen LogP contribution in [-0.4, -0.2) is 13.1 Å². The number of nitrogens with one attached hydrogen (secondary N) is 1. The summed E-state index contributed by atoms with van der Waals surface area (Å²) in [6.07, 6.45) is 5.70. The van der Waals surface area contributed by atoms with Gasteiger partial charge in [0.15, 0.2) is 0 Å². The molecular weight excluding hydrogens is 158 g/mol. The van der Waals surface area contributed by atoms with Gasteiger partial charge in [-0.2, -0.15) is 0 Å². The van der Waals surface area contributed by atoms with Gasteiger partial charge in [0.05, 0.1) is 0 Å². The van der Waals surface area contributed by atoms with E-state index in [1.165, 1.54) is 38.8 Å². The lowest BCUT2D eigenvalue weighted by molar-refractivity contribution is 0.157. The Balaban J connectivity index is 2.21. The fraction of sp³-hybridized carbons (Fsp3) is 1.00. The maximum absolute atomic E-state index is 3.57. The van der Waals surface area contributed by atoms with E-state index in [2.05, 4.69) is 26.1 Å². The zero-order valence-electron chi connectivity index (χ0n) is 9.47. The standard InChI is InChI=1S/C12H25N/c1-4-8-13-9-12(10(2)3)11-6-5-7-11/h10-13H,4-9H2,1-3H3. The third kappa shape index (κ3) is 3.30. The Kier molecular flexibility index (Phi) is 4.79. The zero-order valence-corrected chi connectivity index (χ0v) is 9.47. The largest absolute Gasteiger partial charge is 0.316 e. The van der Waals surface area contributed by atoms with Crippen molar-refractivity contribution in [2.45, 2.75) is 46.5 Å². The summed E-state index contributed by atoms with van der Waals surface area (Å²) < 4.78 is 0. The molecule has 1 nitrogen and oxygen atoms in total. The van der Waals surface area contributed by atoms with Crippen molar-refractivity contribution in [1.82, 2.24) is 5.32 Å². The summed E-state index contributed by atoms with van der Waals surface area (Å²) in [5, 5.41) is 3.57. The van der Waals surface area contributed by atoms with Gasteiger partial charge in [0, 0.05) is 0 Å². The van der Waals surface area contributed by atoms with Crippen molar-refractivity contribution in [3.8, 4) is 0 Å². The van der Waals surface area contributed by atoms with Gasteiger partial charge in [-0.25, -0.2) is 0 Å². The molecular formula is C12H25N. The highest BCUT2D eigenvalue weighted by atomic mass is 14.9. The molecule has 0 heterocycles. The predicted octanol–water partition coefficient (Wildman–Crippen LogP) is 3.06. The predicted molar refractivity (Wildman–Crippen MR) is 58.8 cm³/mol. The van der Waals surface area contributed by atoms with Crippen LogP contribution in [0.15, 0.2) is 0 Å². The first kappa shape index (κ1) is 11.0. The van der Waals surface area contributed by atoms with E-state index in [0.29, 0.717) is 0 Å². The van der Waals surface area contributed by atoms with Crippen molar-refractivity contribution in [3.05, 3.63) is 0 Å². The third-order valence-corrected chi connectivity index (χ3v) is 3.42. The van der Waals surface area contributed by atoms with Crippen LogP contribution in [-0.2, 0) is 0 Å². The Morgan fingerprint density at radius 1 is 1.31 bits per heavy atom. The van der Waals surface area contributed by atoms with Gasteiger partial charge >= 0.3 is 0 Å². The van der Waals surface area contributed by atoms with Crippen LogP contribution in [0.1, 0.15) is 46.5 Å². The van der Waals surface area contributed by atoms with E-state index in [1.807, 2.05) is 0 Å². The summed E-state index contributed by atoms with van der Waals surface area (Å²) in [5.74, 6) is 2.82. The first-order valence-electron chi connectivity index (χ1n) is 5.96. The summed E-state index contributed by atoms with van der Waals surface area (Å²) in [5.41, 5.74) is 0. The summed E-state index contributed by atoms with van der Waals surface area (Å²) in [6, 6.07) is 0. The van der Waals surface area contributed by atoms with E-state index in [9.17, 15) is 0 Å². The highest BCUT2D eigenvalue weighted by molar-refractivity contribution is 4.80. The fourth-order valence-electron chi connectivity index (χ4n) is 2.26. The van der Waals surface area contributed by atoms with Crippen molar-refractivity contribution in [2.75, 3.05) is 13.1 Å². The fourth-order valence-corrected chi connectivity index (χ4v) is 2.26. The average molecular weight is 183 g/mol. The molecule has 13 heavy (non-hydrogen) atoms. The molecule has 1 fully saturated rings. The van der Waals surface area contributed by atoms with Gasteiger partial charge in [-0.05, 0) is 37.3 Å². The molecule has 0 aromatic rings. The van der Waals surface area contributed by atoms with E-state index < -0.39 is 0 Å². The monoisotopic (exact) mass is 183 g/mol. The highest BCUT2D eigenvalue weighted by Crippen LogP contribution is 2.36. The molecule has 1 saturated carbocycles. The molecule has 1 aliphatic carbocycles. The first-order chi connectivity index (χ1) is 6.25. The molecule has 0 amide bonds. The molecule has 0 saturated heterocycles. The Bertz CT molecular complexity index is 127. The van der Waals surface area contributed by atoms with Crippen molar-refractivity contribution in [1.29, 1.82) is 0 Å². The minimum Gasteiger partial charge on any atom is -0.316 e. The van der Waals surface area contributed by atoms with Gasteiger partial charge in [0.1, 0.15) is 0 Å². The first-order valence-corrected chi connectivity index (χ1v) is 5.96. The lowest BCUT2D eigenvalue weighted by Crippen LogP contribution is -2.35. The summed E-state index contributed by atoms with van der Waals surface area (Å²) >= 11 is 0. The zero-order chi connectivity index (χ0) is 9.68. The molecule has 1 N–H and O–H groups in total. The second-order valence-corrected chi connectivity index (χ2v) is 4.80. The molecule has 0 spiro atoms. The van der Waals surface area contributed by atoms with Crippen molar-refractivity contribution < 1.29 is 0 Å². The molecule has 1 unspecified atom stereocenters. The summed E-state index contributed by atoms with van der Waals surface area (Å²) in [7, 11) is 0. The second kappa shape index (κ2) is 5.64. The second-order valence-electron chi connectivity index (χ2n) is 4.80. The van der Waals surface area contributed by atoms with Crippen LogP contribution in [0.25, 0.3) is 0 Å². The van der Waals surface area contributed by atoms with E-state index in [0.717, 1.165) is 17.8 Å². The SMILES string of the molecule is CCCNCC(C(C)C)C1CCC1. The normalized spacial score (nSPS) is 20.3. The summed E-state index contributed by atoms with van der Waals surface area (Å²) in [4.78, 5) is 0. The molecule has 0 bridgehead atoms. The molecule has 1 aliphatic rings. The number of rotatable bonds is 6. The molecule has 0 aliphatic heterocycles. The van der Waals surface area contributed by atoms with Gasteiger partial charge in [0.25, 0.3) is 0 Å². The van der Waals surface area contributed by atoms with Gasteiger partial charge in [-0.15, -0.1) is 0 Å². The van der Waals surface area contributed by atoms with Gasteiger partial charge in [0.2, 0.25) is 0 Å². The maximum atomic E-state index is 3.57. The van der Waals surface area contributed by atoms with Crippen molar-refractivity contribution in [2.24, 2.45) is 17.8 Å². The van der Waals surface area contributed by atoms with Crippen LogP contribution in [0.2, 0.25) is 0 Å². The molecule has 0 aromatic heterocycles. The quantitative estimate of drug-likeness (QED) is 0.624. The molecule has 1 heteroatoms. The van der Waals surface area contributed by atoms with Crippen LogP contribution in [0.3, 0.4) is 0 Å². The summed E-state index contributed by atoms with van der Waals surface area (Å²) in [6.45, 7) is 9.42. The van der Waals surface area contributed by atoms with E-state index in [4.69, 9.17) is 0 Å². The number of hydrogen-bond donors (Lipinski definition) is 1. The van der Waals surface area contributed by atoms with Crippen molar-refractivity contribution >= 4 is 0 Å². The Morgan fingerprint density at radius 3 is 2.38 bits per heavy atom. The van der Waals surface area contributed by atoms with Crippen molar-refractivity contribution in [3.63, 3.8) is 0 Å². The lowest BCUT2D eigenvalue weighted by Gasteiger charge is -2.36. The Hall–Kier alpha value is -0.0400. The Morgan fingerprint density at radius 2 is 2.00 bits per heavy atom. The van der Waals surface area contributed by atoms with Gasteiger partial charge in [-0.3, -0.25) is 0 Å². The molecule has 1 atom stereocenters. The Labute approximate surface area is 83.3 Å². The highest BCUT2D eigenvalue weighted by Gasteiger charge is 2.28. The van der Waals surface area contributed by atoms with E-state index in [1.54, 1.807) is 0 Å². The maximum Gasteiger partial charge on any atom is -0.00154 e. The van der Waals surface area contributed by atoms with Gasteiger partial charge < -0.3 is 5.32 Å². The topological polar surface area (TPSA) is 12.0 Å². The third-order valence-electron chi connectivity index (χ3n) is 3.42. The lowest BCUT2D eigenvalue weighted by atomic mass is 9.71. The molecule has 1 rings (SSSR count). The van der Waals surface area contributed by atoms with E-state index in [-0.39, 0.29) is 0 Å². The van der Waals surface area contributed by atoms with Gasteiger partial charge in [-0.1, -0.05) is 40.0 Å². The van der Waals surface area contributed by atoms with E-state index >= 15 is 0 Å². The number of hydrogen-bond acceptors (Lipinski definition) is 1. The van der Waals surface area contributed by atoms with Crippen LogP contribution >= 0.6 is 0 Å². The smallest absolute Gasteiger partial charge is 0.00154 e. The van der Waals surface area contributed by atoms with Crippen LogP contribution in [0.4, 0.5) is 0 Å². The van der Waals surface area contributed by atoms with Crippen LogP contribution < -0.4 is 5.32 Å². The average Bonchev–Trinajstić information content (AvgIpc) is 1.99. The van der Waals surface area contributed by atoms with Crippen LogP contribution in [0, 0.1) is 17.8 Å².